The maximum Gasteiger partial charge on any atom is 0.224 e. The predicted molar refractivity (Wildman–Crippen MR) is 131 cm³/mol. The fourth-order valence-corrected chi connectivity index (χ4v) is 4.48. The Balaban J connectivity index is 1.48. The molecule has 2 amide bonds. The Morgan fingerprint density at radius 2 is 1.76 bits per heavy atom. The van der Waals surface area contributed by atoms with Crippen LogP contribution in [-0.4, -0.2) is 63.5 Å². The number of ether oxygens (including phenoxy) is 3. The highest BCUT2D eigenvalue weighted by Gasteiger charge is 2.23. The third-order valence-corrected chi connectivity index (χ3v) is 6.55. The quantitative estimate of drug-likeness (QED) is 0.488. The molecule has 3 rings (SSSR count). The number of carbonyl (C=O) groups is 3. The van der Waals surface area contributed by atoms with Crippen molar-refractivity contribution >= 4 is 34.5 Å². The van der Waals surface area contributed by atoms with Crippen LogP contribution in [0.4, 0.5) is 0 Å². The van der Waals surface area contributed by atoms with E-state index in [1.54, 1.807) is 32.3 Å². The number of hydrogen-bond donors (Lipinski definition) is 1. The fourth-order valence-electron chi connectivity index (χ4n) is 3.79. The molecule has 0 unspecified atom stereocenters. The van der Waals surface area contributed by atoms with Crippen LogP contribution in [0.5, 0.6) is 17.2 Å². The van der Waals surface area contributed by atoms with E-state index in [2.05, 4.69) is 5.32 Å². The largest absolute Gasteiger partial charge is 0.496 e. The zero-order chi connectivity index (χ0) is 24.5. The summed E-state index contributed by atoms with van der Waals surface area (Å²) >= 11 is 1.37. The SMILES string of the molecule is COc1cc(OC)c(C2=CCN(C(=O)CCNC(=O)CCC(=O)c3cccs3)CC2)c(OC)c1. The number of benzene rings is 1. The van der Waals surface area contributed by atoms with E-state index in [1.165, 1.54) is 11.3 Å². The molecular weight excluding hydrogens is 456 g/mol. The number of methoxy groups -OCH3 is 3. The predicted octanol–water partition coefficient (Wildman–Crippen LogP) is 3.56. The van der Waals surface area contributed by atoms with Crippen LogP contribution < -0.4 is 19.5 Å². The van der Waals surface area contributed by atoms with Crippen LogP contribution in [-0.2, 0) is 9.59 Å². The van der Waals surface area contributed by atoms with Crippen molar-refractivity contribution in [1.29, 1.82) is 0 Å². The molecule has 0 saturated heterocycles. The molecule has 0 saturated carbocycles. The lowest BCUT2D eigenvalue weighted by atomic mass is 9.97. The summed E-state index contributed by atoms with van der Waals surface area (Å²) in [5, 5.41) is 4.57. The molecule has 0 fully saturated rings. The van der Waals surface area contributed by atoms with Gasteiger partial charge in [-0.1, -0.05) is 12.1 Å². The summed E-state index contributed by atoms with van der Waals surface area (Å²) in [5.74, 6) is 1.66. The van der Waals surface area contributed by atoms with Crippen LogP contribution >= 0.6 is 11.3 Å². The third-order valence-electron chi connectivity index (χ3n) is 5.63. The van der Waals surface area contributed by atoms with Crippen molar-refractivity contribution in [2.24, 2.45) is 0 Å². The summed E-state index contributed by atoms with van der Waals surface area (Å²) in [5.41, 5.74) is 1.91. The molecule has 1 aromatic heterocycles. The van der Waals surface area contributed by atoms with E-state index in [9.17, 15) is 14.4 Å². The van der Waals surface area contributed by atoms with Crippen molar-refractivity contribution in [3.8, 4) is 17.2 Å². The first-order valence-corrected chi connectivity index (χ1v) is 11.9. The van der Waals surface area contributed by atoms with Gasteiger partial charge < -0.3 is 24.4 Å². The molecule has 0 radical (unpaired) electrons. The molecule has 0 aliphatic carbocycles. The Morgan fingerprint density at radius 1 is 1.03 bits per heavy atom. The molecule has 1 aliphatic rings. The fraction of sp³-hybridized carbons (Fsp3) is 0.400. The van der Waals surface area contributed by atoms with E-state index in [-0.39, 0.29) is 43.4 Å². The van der Waals surface area contributed by atoms with Crippen molar-refractivity contribution < 1.29 is 28.6 Å². The summed E-state index contributed by atoms with van der Waals surface area (Å²) in [6, 6.07) is 7.19. The summed E-state index contributed by atoms with van der Waals surface area (Å²) in [6.07, 6.45) is 3.15. The Hall–Kier alpha value is -3.33. The van der Waals surface area contributed by atoms with Crippen molar-refractivity contribution in [2.75, 3.05) is 41.0 Å². The molecule has 9 heteroatoms. The van der Waals surface area contributed by atoms with Crippen LogP contribution in [0.25, 0.3) is 5.57 Å². The van der Waals surface area contributed by atoms with E-state index < -0.39 is 0 Å². The lowest BCUT2D eigenvalue weighted by Crippen LogP contribution is -2.37. The molecule has 182 valence electrons. The highest BCUT2D eigenvalue weighted by Crippen LogP contribution is 2.40. The van der Waals surface area contributed by atoms with Crippen LogP contribution in [0.15, 0.2) is 35.7 Å². The zero-order valence-electron chi connectivity index (χ0n) is 19.7. The van der Waals surface area contributed by atoms with Crippen LogP contribution in [0.1, 0.15) is 40.9 Å². The summed E-state index contributed by atoms with van der Waals surface area (Å²) in [7, 11) is 4.79. The van der Waals surface area contributed by atoms with Crippen molar-refractivity contribution in [2.45, 2.75) is 25.7 Å². The smallest absolute Gasteiger partial charge is 0.224 e. The molecule has 2 heterocycles. The van der Waals surface area contributed by atoms with E-state index in [0.29, 0.717) is 41.6 Å². The van der Waals surface area contributed by atoms with Crippen molar-refractivity contribution in [1.82, 2.24) is 10.2 Å². The number of rotatable bonds is 11. The second-order valence-electron chi connectivity index (χ2n) is 7.73. The Bertz CT molecular complexity index is 1020. The van der Waals surface area contributed by atoms with Gasteiger partial charge in [0.2, 0.25) is 11.8 Å². The summed E-state index contributed by atoms with van der Waals surface area (Å²) < 4.78 is 16.4. The number of nitrogens with one attached hydrogen (secondary N) is 1. The minimum atomic E-state index is -0.225. The molecule has 34 heavy (non-hydrogen) atoms. The van der Waals surface area contributed by atoms with Gasteiger partial charge in [0.25, 0.3) is 0 Å². The van der Waals surface area contributed by atoms with E-state index in [1.807, 2.05) is 29.7 Å². The molecule has 8 nitrogen and oxygen atoms in total. The van der Waals surface area contributed by atoms with Gasteiger partial charge in [-0.2, -0.15) is 0 Å². The first-order chi connectivity index (χ1) is 16.5. The first-order valence-electron chi connectivity index (χ1n) is 11.1. The number of thiophene rings is 1. The van der Waals surface area contributed by atoms with Gasteiger partial charge in [0.05, 0.1) is 31.8 Å². The van der Waals surface area contributed by atoms with Gasteiger partial charge in [-0.05, 0) is 23.4 Å². The monoisotopic (exact) mass is 486 g/mol. The zero-order valence-corrected chi connectivity index (χ0v) is 20.5. The van der Waals surface area contributed by atoms with Gasteiger partial charge in [-0.25, -0.2) is 0 Å². The summed E-state index contributed by atoms with van der Waals surface area (Å²) in [4.78, 5) is 39.0. The number of carbonyl (C=O) groups excluding carboxylic acids is 3. The third kappa shape index (κ3) is 6.38. The molecule has 0 spiro atoms. The Morgan fingerprint density at radius 3 is 2.32 bits per heavy atom. The van der Waals surface area contributed by atoms with E-state index >= 15 is 0 Å². The lowest BCUT2D eigenvalue weighted by molar-refractivity contribution is -0.130. The van der Waals surface area contributed by atoms with Gasteiger partial charge in [0, 0.05) is 51.0 Å². The molecule has 0 bridgehead atoms. The maximum absolute atomic E-state index is 12.6. The van der Waals surface area contributed by atoms with Crippen LogP contribution in [0.2, 0.25) is 0 Å². The number of Topliss-reactive ketones (excluding diaryl/α,β-unsaturated/α-hetero) is 1. The minimum absolute atomic E-state index is 0.0288. The average molecular weight is 487 g/mol. The highest BCUT2D eigenvalue weighted by atomic mass is 32.1. The van der Waals surface area contributed by atoms with Crippen molar-refractivity contribution in [3.05, 3.63) is 46.2 Å². The molecule has 1 aromatic carbocycles. The van der Waals surface area contributed by atoms with Gasteiger partial charge in [0.15, 0.2) is 5.78 Å². The average Bonchev–Trinajstić information content (AvgIpc) is 3.41. The lowest BCUT2D eigenvalue weighted by Gasteiger charge is -2.28. The highest BCUT2D eigenvalue weighted by molar-refractivity contribution is 7.12. The molecular formula is C25H30N2O6S. The Kier molecular flexibility index (Phi) is 9.09. The van der Waals surface area contributed by atoms with Gasteiger partial charge in [0.1, 0.15) is 17.2 Å². The number of amides is 2. The number of ketones is 1. The normalized spacial score (nSPS) is 13.1. The van der Waals surface area contributed by atoms with Gasteiger partial charge >= 0.3 is 0 Å². The molecule has 1 N–H and O–H groups in total. The topological polar surface area (TPSA) is 94.2 Å². The van der Waals surface area contributed by atoms with Crippen molar-refractivity contribution in [3.63, 3.8) is 0 Å². The molecule has 1 aliphatic heterocycles. The molecule has 0 atom stereocenters. The van der Waals surface area contributed by atoms with Crippen LogP contribution in [0.3, 0.4) is 0 Å². The minimum Gasteiger partial charge on any atom is -0.496 e. The number of hydrogen-bond acceptors (Lipinski definition) is 7. The first kappa shape index (κ1) is 25.3. The maximum atomic E-state index is 12.6. The molecule has 2 aromatic rings. The Labute approximate surface area is 203 Å². The second kappa shape index (κ2) is 12.2. The second-order valence-corrected chi connectivity index (χ2v) is 8.67. The summed E-state index contributed by atoms with van der Waals surface area (Å²) in [6.45, 7) is 1.28. The van der Waals surface area contributed by atoms with E-state index in [4.69, 9.17) is 14.2 Å². The standard InChI is InChI=1S/C25H30N2O6S/c1-31-18-15-20(32-2)25(21(16-18)33-3)17-9-12-27(13-10-17)24(30)8-11-26-23(29)7-6-19(28)22-5-4-14-34-22/h4-5,9,14-16H,6-8,10-13H2,1-3H3,(H,26,29). The number of nitrogens with zero attached hydrogens (tertiary/aromatic N) is 1. The van der Waals surface area contributed by atoms with Gasteiger partial charge in [-0.3, -0.25) is 14.4 Å². The van der Waals surface area contributed by atoms with Crippen LogP contribution in [0, 0.1) is 0 Å². The van der Waals surface area contributed by atoms with Gasteiger partial charge in [-0.15, -0.1) is 11.3 Å². The van der Waals surface area contributed by atoms with E-state index in [0.717, 1.165) is 11.1 Å².